The lowest BCUT2D eigenvalue weighted by Crippen LogP contribution is -2.63. The van der Waals surface area contributed by atoms with Crippen molar-refractivity contribution >= 4 is 12.4 Å². The van der Waals surface area contributed by atoms with E-state index >= 15 is 0 Å². The van der Waals surface area contributed by atoms with E-state index in [1.807, 2.05) is 6.21 Å². The van der Waals surface area contributed by atoms with E-state index in [1.54, 1.807) is 0 Å². The lowest BCUT2D eigenvalue weighted by Gasteiger charge is -2.47. The lowest BCUT2D eigenvalue weighted by molar-refractivity contribution is 0.163. The summed E-state index contributed by atoms with van der Waals surface area (Å²) in [6.07, 6.45) is 17.0. The molecule has 0 amide bonds. The van der Waals surface area contributed by atoms with E-state index in [1.165, 1.54) is 32.1 Å². The summed E-state index contributed by atoms with van der Waals surface area (Å²) in [7, 11) is 0. The fourth-order valence-electron chi connectivity index (χ4n) is 3.64. The highest BCUT2D eigenvalue weighted by molar-refractivity contribution is 5.72. The highest BCUT2D eigenvalue weighted by Gasteiger charge is 2.45. The zero-order valence-corrected chi connectivity index (χ0v) is 11.0. The molecule has 0 saturated carbocycles. The molecule has 1 saturated heterocycles. The van der Waals surface area contributed by atoms with Crippen LogP contribution in [-0.2, 0) is 0 Å². The average Bonchev–Trinajstić information content (AvgIpc) is 2.50. The van der Waals surface area contributed by atoms with Crippen LogP contribution in [0.2, 0.25) is 0 Å². The Labute approximate surface area is 109 Å². The Morgan fingerprint density at radius 2 is 2.11 bits per heavy atom. The second-order valence-corrected chi connectivity index (χ2v) is 5.68. The third kappa shape index (κ3) is 2.16. The first kappa shape index (κ1) is 12.1. The van der Waals surface area contributed by atoms with Crippen molar-refractivity contribution in [2.75, 3.05) is 6.54 Å². The van der Waals surface area contributed by atoms with Gasteiger partial charge in [-0.05, 0) is 57.4 Å². The van der Waals surface area contributed by atoms with Gasteiger partial charge in [0.05, 0.1) is 17.6 Å². The first-order valence-corrected chi connectivity index (χ1v) is 7.37. The van der Waals surface area contributed by atoms with E-state index in [0.29, 0.717) is 12.1 Å². The van der Waals surface area contributed by atoms with Crippen LogP contribution >= 0.6 is 0 Å². The number of hydrogen-bond donors (Lipinski definition) is 1. The topological polar surface area (TPSA) is 36.8 Å². The molecule has 0 aliphatic carbocycles. The van der Waals surface area contributed by atoms with E-state index in [0.717, 1.165) is 19.4 Å². The van der Waals surface area contributed by atoms with Crippen molar-refractivity contribution in [3.63, 3.8) is 0 Å². The molecule has 98 valence electrons. The molecule has 1 fully saturated rings. The van der Waals surface area contributed by atoms with Gasteiger partial charge in [0.1, 0.15) is 0 Å². The van der Waals surface area contributed by atoms with Crippen LogP contribution in [0.4, 0.5) is 0 Å². The smallest absolute Gasteiger partial charge is 0.0736 e. The average molecular weight is 245 g/mol. The predicted octanol–water partition coefficient (Wildman–Crippen LogP) is 2.52. The fourth-order valence-corrected chi connectivity index (χ4v) is 3.64. The monoisotopic (exact) mass is 245 g/mol. The molecule has 3 unspecified atom stereocenters. The number of aliphatic imine (C=N–C) groups is 2. The van der Waals surface area contributed by atoms with Gasteiger partial charge in [-0.1, -0.05) is 12.5 Å². The van der Waals surface area contributed by atoms with Gasteiger partial charge in [0, 0.05) is 6.21 Å². The highest BCUT2D eigenvalue weighted by Crippen LogP contribution is 2.36. The van der Waals surface area contributed by atoms with Crippen LogP contribution in [0.25, 0.3) is 0 Å². The minimum atomic E-state index is 0.121. The van der Waals surface area contributed by atoms with Crippen LogP contribution in [0.1, 0.15) is 44.9 Å². The third-order valence-corrected chi connectivity index (χ3v) is 4.60. The molecule has 3 heteroatoms. The molecule has 0 radical (unpaired) electrons. The molecule has 0 aromatic heterocycles. The van der Waals surface area contributed by atoms with Gasteiger partial charge >= 0.3 is 0 Å². The van der Waals surface area contributed by atoms with Gasteiger partial charge in [0.15, 0.2) is 0 Å². The van der Waals surface area contributed by atoms with Crippen molar-refractivity contribution in [1.29, 1.82) is 0 Å². The lowest BCUT2D eigenvalue weighted by atomic mass is 9.73. The van der Waals surface area contributed by atoms with Gasteiger partial charge in [-0.2, -0.15) is 0 Å². The van der Waals surface area contributed by atoms with Crippen LogP contribution in [0.15, 0.2) is 22.1 Å². The Balaban J connectivity index is 1.87. The van der Waals surface area contributed by atoms with Gasteiger partial charge in [0.25, 0.3) is 0 Å². The van der Waals surface area contributed by atoms with Crippen molar-refractivity contribution in [3.8, 4) is 0 Å². The van der Waals surface area contributed by atoms with Gasteiger partial charge in [-0.15, -0.1) is 0 Å². The van der Waals surface area contributed by atoms with Gasteiger partial charge < -0.3 is 5.32 Å². The summed E-state index contributed by atoms with van der Waals surface area (Å²) in [5, 5.41) is 3.81. The SMILES string of the molecule is C1=CCC(C2(C3CCCC=N3)CCCCN2)N=C1. The molecular weight excluding hydrogens is 222 g/mol. The molecule has 3 rings (SSSR count). The maximum Gasteiger partial charge on any atom is 0.0736 e. The van der Waals surface area contributed by atoms with Crippen molar-refractivity contribution in [2.24, 2.45) is 9.98 Å². The number of piperidine rings is 1. The van der Waals surface area contributed by atoms with Crippen molar-refractivity contribution in [3.05, 3.63) is 12.2 Å². The van der Waals surface area contributed by atoms with Gasteiger partial charge in [0.2, 0.25) is 0 Å². The second kappa shape index (κ2) is 5.35. The normalized spacial score (nSPS) is 40.0. The van der Waals surface area contributed by atoms with E-state index in [-0.39, 0.29) is 5.54 Å². The Morgan fingerprint density at radius 3 is 2.78 bits per heavy atom. The number of nitrogens with zero attached hydrogens (tertiary/aromatic N) is 2. The Morgan fingerprint density at radius 1 is 1.11 bits per heavy atom. The van der Waals surface area contributed by atoms with E-state index in [4.69, 9.17) is 9.98 Å². The molecule has 1 N–H and O–H groups in total. The van der Waals surface area contributed by atoms with E-state index in [2.05, 4.69) is 23.7 Å². The highest BCUT2D eigenvalue weighted by atomic mass is 15.1. The summed E-state index contributed by atoms with van der Waals surface area (Å²) in [5.41, 5.74) is 0.121. The van der Waals surface area contributed by atoms with Crippen LogP contribution in [-0.4, -0.2) is 36.6 Å². The van der Waals surface area contributed by atoms with Crippen LogP contribution in [0.3, 0.4) is 0 Å². The quantitative estimate of drug-likeness (QED) is 0.797. The first-order valence-electron chi connectivity index (χ1n) is 7.37. The van der Waals surface area contributed by atoms with E-state index in [9.17, 15) is 0 Å². The zero-order valence-electron chi connectivity index (χ0n) is 11.0. The summed E-state index contributed by atoms with van der Waals surface area (Å²) in [4.78, 5) is 9.57. The molecule has 0 spiro atoms. The zero-order chi connectivity index (χ0) is 12.3. The molecular formula is C15H23N3. The van der Waals surface area contributed by atoms with Gasteiger partial charge in [-0.3, -0.25) is 9.98 Å². The summed E-state index contributed by atoms with van der Waals surface area (Å²) in [5.74, 6) is 0. The van der Waals surface area contributed by atoms with E-state index < -0.39 is 0 Å². The molecule has 0 bridgehead atoms. The molecule has 3 heterocycles. The number of dihydropyridines is 1. The Hall–Kier alpha value is -0.960. The molecule has 0 aromatic carbocycles. The fraction of sp³-hybridized carbons (Fsp3) is 0.733. The second-order valence-electron chi connectivity index (χ2n) is 5.68. The van der Waals surface area contributed by atoms with Crippen LogP contribution in [0, 0.1) is 0 Å². The summed E-state index contributed by atoms with van der Waals surface area (Å²) >= 11 is 0. The summed E-state index contributed by atoms with van der Waals surface area (Å²) in [6.45, 7) is 1.13. The minimum absolute atomic E-state index is 0.121. The molecule has 3 aliphatic heterocycles. The molecule has 18 heavy (non-hydrogen) atoms. The standard InChI is InChI=1S/C15H23N3/c1-4-10-16-13(7-1)15(9-3-6-12-18-15)14-8-2-5-11-17-14/h1,4,10-11,13-14,18H,2-3,5-9,12H2. The number of hydrogen-bond acceptors (Lipinski definition) is 3. The third-order valence-electron chi connectivity index (χ3n) is 4.60. The van der Waals surface area contributed by atoms with Gasteiger partial charge in [-0.25, -0.2) is 0 Å². The first-order chi connectivity index (χ1) is 8.92. The summed E-state index contributed by atoms with van der Waals surface area (Å²) in [6, 6.07) is 0.809. The molecule has 3 aliphatic rings. The Kier molecular flexibility index (Phi) is 3.59. The predicted molar refractivity (Wildman–Crippen MR) is 76.8 cm³/mol. The maximum atomic E-state index is 4.81. The molecule has 3 nitrogen and oxygen atoms in total. The summed E-state index contributed by atoms with van der Waals surface area (Å²) < 4.78 is 0. The van der Waals surface area contributed by atoms with Crippen LogP contribution in [0.5, 0.6) is 0 Å². The van der Waals surface area contributed by atoms with Crippen LogP contribution < -0.4 is 5.32 Å². The molecule has 0 aromatic rings. The number of allylic oxidation sites excluding steroid dienone is 1. The number of nitrogens with one attached hydrogen (secondary N) is 1. The Bertz CT molecular complexity index is 360. The van der Waals surface area contributed by atoms with Crippen molar-refractivity contribution in [1.82, 2.24) is 5.32 Å². The minimum Gasteiger partial charge on any atom is -0.307 e. The van der Waals surface area contributed by atoms with Crippen molar-refractivity contribution in [2.45, 2.75) is 62.6 Å². The number of rotatable bonds is 2. The largest absolute Gasteiger partial charge is 0.307 e. The molecule has 3 atom stereocenters. The maximum absolute atomic E-state index is 4.81. The van der Waals surface area contributed by atoms with Crippen molar-refractivity contribution < 1.29 is 0 Å².